The van der Waals surface area contributed by atoms with Gasteiger partial charge in [-0.3, -0.25) is 0 Å². The minimum Gasteiger partial charge on any atom is -0.478 e. The predicted octanol–water partition coefficient (Wildman–Crippen LogP) is 2.96. The Labute approximate surface area is 102 Å². The Morgan fingerprint density at radius 3 is 2.59 bits per heavy atom. The summed E-state index contributed by atoms with van der Waals surface area (Å²) in [6.07, 6.45) is 2.12. The average molecular weight is 236 g/mol. The van der Waals surface area contributed by atoms with Gasteiger partial charge in [0, 0.05) is 16.9 Å². The maximum atomic E-state index is 10.8. The van der Waals surface area contributed by atoms with E-state index in [0.29, 0.717) is 0 Å². The summed E-state index contributed by atoms with van der Waals surface area (Å²) in [5.41, 5.74) is 6.95. The van der Waals surface area contributed by atoms with Crippen LogP contribution in [0.2, 0.25) is 0 Å². The van der Waals surface area contributed by atoms with Crippen molar-refractivity contribution in [3.63, 3.8) is 0 Å². The van der Waals surface area contributed by atoms with Crippen LogP contribution in [0.5, 0.6) is 0 Å². The standard InChI is InChI=1S/C13H20N2O2/c1-4-7-13(2,3)15-9-5-6-10(12(16)17)11(14)8-9/h5-6,8,15H,4,7,14H2,1-3H3,(H,16,17). The molecule has 94 valence electrons. The SMILES string of the molecule is CCCC(C)(C)Nc1ccc(C(=O)O)c(N)c1. The van der Waals surface area contributed by atoms with E-state index in [0.717, 1.165) is 18.5 Å². The molecule has 4 N–H and O–H groups in total. The van der Waals surface area contributed by atoms with Gasteiger partial charge in [0.25, 0.3) is 0 Å². The molecule has 0 atom stereocenters. The zero-order valence-electron chi connectivity index (χ0n) is 10.6. The van der Waals surface area contributed by atoms with E-state index >= 15 is 0 Å². The van der Waals surface area contributed by atoms with E-state index in [1.807, 2.05) is 0 Å². The van der Waals surface area contributed by atoms with E-state index in [9.17, 15) is 4.79 Å². The van der Waals surface area contributed by atoms with Gasteiger partial charge in [0.2, 0.25) is 0 Å². The molecule has 0 amide bonds. The van der Waals surface area contributed by atoms with Gasteiger partial charge in [0.15, 0.2) is 0 Å². The second-order valence-corrected chi connectivity index (χ2v) is 4.87. The molecule has 0 aliphatic heterocycles. The first-order chi connectivity index (χ1) is 7.85. The summed E-state index contributed by atoms with van der Waals surface area (Å²) in [6, 6.07) is 4.94. The van der Waals surface area contributed by atoms with E-state index < -0.39 is 5.97 Å². The van der Waals surface area contributed by atoms with Gasteiger partial charge in [0.1, 0.15) is 0 Å². The molecule has 0 aromatic heterocycles. The Hall–Kier alpha value is -1.71. The fraction of sp³-hybridized carbons (Fsp3) is 0.462. The zero-order chi connectivity index (χ0) is 13.1. The summed E-state index contributed by atoms with van der Waals surface area (Å²) in [5.74, 6) is -0.998. The summed E-state index contributed by atoms with van der Waals surface area (Å²) >= 11 is 0. The van der Waals surface area contributed by atoms with Crippen molar-refractivity contribution in [1.82, 2.24) is 0 Å². The molecule has 0 unspecified atom stereocenters. The molecule has 0 saturated carbocycles. The van der Waals surface area contributed by atoms with E-state index in [1.54, 1.807) is 12.1 Å². The maximum Gasteiger partial charge on any atom is 0.337 e. The predicted molar refractivity (Wildman–Crippen MR) is 70.4 cm³/mol. The van der Waals surface area contributed by atoms with Gasteiger partial charge in [-0.2, -0.15) is 0 Å². The summed E-state index contributed by atoms with van der Waals surface area (Å²) in [4.78, 5) is 10.8. The number of anilines is 2. The third-order valence-electron chi connectivity index (χ3n) is 2.64. The Kier molecular flexibility index (Phi) is 3.99. The van der Waals surface area contributed by atoms with Crippen LogP contribution in [0.15, 0.2) is 18.2 Å². The van der Waals surface area contributed by atoms with Crippen LogP contribution in [0.4, 0.5) is 11.4 Å². The van der Waals surface area contributed by atoms with E-state index in [4.69, 9.17) is 10.8 Å². The van der Waals surface area contributed by atoms with Gasteiger partial charge in [0.05, 0.1) is 5.56 Å². The minimum absolute atomic E-state index is 0.0219. The van der Waals surface area contributed by atoms with E-state index in [2.05, 4.69) is 26.1 Å². The number of carbonyl (C=O) groups is 1. The molecule has 0 heterocycles. The van der Waals surface area contributed by atoms with Gasteiger partial charge in [-0.15, -0.1) is 0 Å². The second kappa shape index (κ2) is 5.08. The fourth-order valence-electron chi connectivity index (χ4n) is 1.91. The van der Waals surface area contributed by atoms with Gasteiger partial charge in [-0.05, 0) is 38.5 Å². The van der Waals surface area contributed by atoms with Crippen molar-refractivity contribution in [3.8, 4) is 0 Å². The highest BCUT2D eigenvalue weighted by Gasteiger charge is 2.16. The number of carboxylic acids is 1. The van der Waals surface area contributed by atoms with Crippen LogP contribution in [-0.4, -0.2) is 16.6 Å². The Morgan fingerprint density at radius 1 is 1.47 bits per heavy atom. The lowest BCUT2D eigenvalue weighted by Gasteiger charge is -2.27. The molecule has 4 nitrogen and oxygen atoms in total. The molecule has 1 aromatic carbocycles. The number of rotatable bonds is 5. The molecule has 0 bridgehead atoms. The summed E-state index contributed by atoms with van der Waals surface area (Å²) in [6.45, 7) is 6.35. The summed E-state index contributed by atoms with van der Waals surface area (Å²) in [7, 11) is 0. The number of nitrogens with two attached hydrogens (primary N) is 1. The third-order valence-corrected chi connectivity index (χ3v) is 2.64. The number of benzene rings is 1. The molecule has 0 aliphatic carbocycles. The normalized spacial score (nSPS) is 11.2. The molecular formula is C13H20N2O2. The topological polar surface area (TPSA) is 75.3 Å². The van der Waals surface area contributed by atoms with E-state index in [-0.39, 0.29) is 16.8 Å². The van der Waals surface area contributed by atoms with Gasteiger partial charge in [-0.1, -0.05) is 13.3 Å². The van der Waals surface area contributed by atoms with Gasteiger partial charge >= 0.3 is 5.97 Å². The molecule has 1 aromatic rings. The van der Waals surface area contributed by atoms with Crippen LogP contribution in [0.25, 0.3) is 0 Å². The number of hydrogen-bond donors (Lipinski definition) is 3. The lowest BCUT2D eigenvalue weighted by Crippen LogP contribution is -2.30. The highest BCUT2D eigenvalue weighted by Crippen LogP contribution is 2.23. The lowest BCUT2D eigenvalue weighted by atomic mass is 9.98. The first kappa shape index (κ1) is 13.4. The fourth-order valence-corrected chi connectivity index (χ4v) is 1.91. The Balaban J connectivity index is 2.88. The Morgan fingerprint density at radius 2 is 2.12 bits per heavy atom. The zero-order valence-corrected chi connectivity index (χ0v) is 10.6. The van der Waals surface area contributed by atoms with Crippen molar-refractivity contribution in [2.75, 3.05) is 11.1 Å². The molecule has 0 radical (unpaired) electrons. The number of nitrogen functional groups attached to an aromatic ring is 1. The van der Waals surface area contributed by atoms with Crippen LogP contribution in [0.3, 0.4) is 0 Å². The van der Waals surface area contributed by atoms with Crippen LogP contribution < -0.4 is 11.1 Å². The lowest BCUT2D eigenvalue weighted by molar-refractivity contribution is 0.0698. The number of nitrogens with one attached hydrogen (secondary N) is 1. The molecular weight excluding hydrogens is 216 g/mol. The molecule has 0 aliphatic rings. The van der Waals surface area contributed by atoms with Crippen molar-refractivity contribution in [1.29, 1.82) is 0 Å². The van der Waals surface area contributed by atoms with Crippen LogP contribution in [0.1, 0.15) is 44.0 Å². The van der Waals surface area contributed by atoms with Crippen molar-refractivity contribution < 1.29 is 9.90 Å². The molecule has 1 rings (SSSR count). The van der Waals surface area contributed by atoms with Crippen LogP contribution in [0, 0.1) is 0 Å². The number of carboxylic acid groups (broad SMARTS) is 1. The molecule has 0 spiro atoms. The van der Waals surface area contributed by atoms with Crippen molar-refractivity contribution in [2.45, 2.75) is 39.2 Å². The maximum absolute atomic E-state index is 10.8. The highest BCUT2D eigenvalue weighted by atomic mass is 16.4. The first-order valence-electron chi connectivity index (χ1n) is 5.77. The average Bonchev–Trinajstić information content (AvgIpc) is 2.15. The van der Waals surface area contributed by atoms with Gasteiger partial charge in [-0.25, -0.2) is 4.79 Å². The van der Waals surface area contributed by atoms with Crippen LogP contribution >= 0.6 is 0 Å². The van der Waals surface area contributed by atoms with Crippen molar-refractivity contribution in [2.24, 2.45) is 0 Å². The van der Waals surface area contributed by atoms with Crippen molar-refractivity contribution in [3.05, 3.63) is 23.8 Å². The monoisotopic (exact) mass is 236 g/mol. The quantitative estimate of drug-likeness (QED) is 0.687. The smallest absolute Gasteiger partial charge is 0.337 e. The Bertz CT molecular complexity index is 414. The molecule has 4 heteroatoms. The second-order valence-electron chi connectivity index (χ2n) is 4.87. The summed E-state index contributed by atoms with van der Waals surface area (Å²) in [5, 5.41) is 12.2. The third kappa shape index (κ3) is 3.66. The molecule has 17 heavy (non-hydrogen) atoms. The highest BCUT2D eigenvalue weighted by molar-refractivity contribution is 5.94. The van der Waals surface area contributed by atoms with Crippen LogP contribution in [-0.2, 0) is 0 Å². The first-order valence-corrected chi connectivity index (χ1v) is 5.77. The largest absolute Gasteiger partial charge is 0.478 e. The number of hydrogen-bond acceptors (Lipinski definition) is 3. The summed E-state index contributed by atoms with van der Waals surface area (Å²) < 4.78 is 0. The number of aromatic carboxylic acids is 1. The van der Waals surface area contributed by atoms with E-state index in [1.165, 1.54) is 6.07 Å². The van der Waals surface area contributed by atoms with Crippen molar-refractivity contribution >= 4 is 17.3 Å². The minimum atomic E-state index is -0.998. The molecule has 0 fully saturated rings. The molecule has 0 saturated heterocycles. The van der Waals surface area contributed by atoms with Gasteiger partial charge < -0.3 is 16.2 Å².